The second kappa shape index (κ2) is 7.92. The van der Waals surface area contributed by atoms with E-state index in [4.69, 9.17) is 9.47 Å². The van der Waals surface area contributed by atoms with Gasteiger partial charge in [0.2, 0.25) is 0 Å². The molecule has 0 aliphatic carbocycles. The third-order valence-corrected chi connectivity index (χ3v) is 3.95. The fourth-order valence-corrected chi connectivity index (χ4v) is 2.78. The molecule has 0 spiro atoms. The van der Waals surface area contributed by atoms with Crippen LogP contribution in [-0.4, -0.2) is 30.2 Å². The fourth-order valence-electron chi connectivity index (χ4n) is 2.78. The molecule has 1 aromatic heterocycles. The standard InChI is InChI=1S/C19H20N2O4/c1-24-8-5-9-25-13-14-10-16-12-17(15-6-3-2-4-7-15)20-19(16)18(11-14)21(22)23/h2-4,6-7,10-12,20H,5,8-9,13H2,1H3. The molecule has 6 heteroatoms. The molecule has 0 aliphatic rings. The maximum absolute atomic E-state index is 11.5. The first-order chi connectivity index (χ1) is 12.2. The number of aromatic amines is 1. The van der Waals surface area contributed by atoms with E-state index in [1.54, 1.807) is 13.2 Å². The second-order valence-electron chi connectivity index (χ2n) is 5.78. The summed E-state index contributed by atoms with van der Waals surface area (Å²) in [5.41, 5.74) is 3.24. The number of nitro groups is 1. The summed E-state index contributed by atoms with van der Waals surface area (Å²) < 4.78 is 10.6. The molecule has 3 aromatic rings. The molecular formula is C19H20N2O4. The number of H-pyrrole nitrogens is 1. The van der Waals surface area contributed by atoms with E-state index in [0.29, 0.717) is 25.3 Å². The van der Waals surface area contributed by atoms with E-state index < -0.39 is 0 Å². The second-order valence-corrected chi connectivity index (χ2v) is 5.78. The van der Waals surface area contributed by atoms with Gasteiger partial charge in [0, 0.05) is 37.5 Å². The summed E-state index contributed by atoms with van der Waals surface area (Å²) in [4.78, 5) is 14.3. The van der Waals surface area contributed by atoms with Gasteiger partial charge in [-0.1, -0.05) is 30.3 Å². The van der Waals surface area contributed by atoms with Crippen molar-refractivity contribution in [2.45, 2.75) is 13.0 Å². The number of hydrogen-bond donors (Lipinski definition) is 1. The van der Waals surface area contributed by atoms with Gasteiger partial charge >= 0.3 is 0 Å². The van der Waals surface area contributed by atoms with E-state index in [-0.39, 0.29) is 10.6 Å². The predicted octanol–water partition coefficient (Wildman–Crippen LogP) is 4.30. The summed E-state index contributed by atoms with van der Waals surface area (Å²) >= 11 is 0. The minimum atomic E-state index is -0.359. The molecule has 0 atom stereocenters. The molecule has 3 rings (SSSR count). The van der Waals surface area contributed by atoms with Crippen LogP contribution in [0.1, 0.15) is 12.0 Å². The molecule has 0 saturated carbocycles. The van der Waals surface area contributed by atoms with Gasteiger partial charge in [-0.25, -0.2) is 0 Å². The molecule has 130 valence electrons. The molecule has 0 saturated heterocycles. The number of hydrogen-bond acceptors (Lipinski definition) is 4. The van der Waals surface area contributed by atoms with Gasteiger partial charge in [0.25, 0.3) is 5.69 Å². The number of non-ortho nitro benzene ring substituents is 1. The van der Waals surface area contributed by atoms with E-state index in [9.17, 15) is 10.1 Å². The lowest BCUT2D eigenvalue weighted by Gasteiger charge is -2.05. The van der Waals surface area contributed by atoms with E-state index in [1.807, 2.05) is 42.5 Å². The quantitative estimate of drug-likeness (QED) is 0.377. The summed E-state index contributed by atoms with van der Waals surface area (Å²) in [6.45, 7) is 1.53. The molecular weight excluding hydrogens is 320 g/mol. The number of aromatic nitrogens is 1. The molecule has 0 aliphatic heterocycles. The highest BCUT2D eigenvalue weighted by molar-refractivity contribution is 5.92. The van der Waals surface area contributed by atoms with Gasteiger partial charge < -0.3 is 14.5 Å². The summed E-state index contributed by atoms with van der Waals surface area (Å²) in [6.07, 6.45) is 0.795. The molecule has 0 radical (unpaired) electrons. The van der Waals surface area contributed by atoms with Crippen LogP contribution in [0, 0.1) is 10.1 Å². The molecule has 0 amide bonds. The Morgan fingerprint density at radius 1 is 1.12 bits per heavy atom. The number of methoxy groups -OCH3 is 1. The van der Waals surface area contributed by atoms with E-state index >= 15 is 0 Å². The number of nitro benzene ring substituents is 1. The van der Waals surface area contributed by atoms with Crippen LogP contribution in [-0.2, 0) is 16.1 Å². The zero-order valence-corrected chi connectivity index (χ0v) is 14.0. The molecule has 25 heavy (non-hydrogen) atoms. The molecule has 2 aromatic carbocycles. The third-order valence-electron chi connectivity index (χ3n) is 3.95. The first-order valence-corrected chi connectivity index (χ1v) is 8.11. The predicted molar refractivity (Wildman–Crippen MR) is 96.5 cm³/mol. The number of nitrogens with one attached hydrogen (secondary N) is 1. The van der Waals surface area contributed by atoms with Gasteiger partial charge in [0.05, 0.1) is 11.5 Å². The van der Waals surface area contributed by atoms with Crippen molar-refractivity contribution in [1.82, 2.24) is 4.98 Å². The Morgan fingerprint density at radius 2 is 1.92 bits per heavy atom. The van der Waals surface area contributed by atoms with Gasteiger partial charge in [-0.3, -0.25) is 10.1 Å². The Kier molecular flexibility index (Phi) is 5.42. The third kappa shape index (κ3) is 4.04. The highest BCUT2D eigenvalue weighted by atomic mass is 16.6. The van der Waals surface area contributed by atoms with Crippen LogP contribution in [0.4, 0.5) is 5.69 Å². The first-order valence-electron chi connectivity index (χ1n) is 8.11. The normalized spacial score (nSPS) is 11.1. The number of benzene rings is 2. The topological polar surface area (TPSA) is 77.4 Å². The van der Waals surface area contributed by atoms with Crippen molar-refractivity contribution in [2.75, 3.05) is 20.3 Å². The van der Waals surface area contributed by atoms with E-state index in [2.05, 4.69) is 4.98 Å². The van der Waals surface area contributed by atoms with Crippen LogP contribution in [0.2, 0.25) is 0 Å². The van der Waals surface area contributed by atoms with Crippen LogP contribution in [0.3, 0.4) is 0 Å². The Bertz CT molecular complexity index is 858. The monoisotopic (exact) mass is 340 g/mol. The smallest absolute Gasteiger partial charge is 0.293 e. The molecule has 1 N–H and O–H groups in total. The maximum Gasteiger partial charge on any atom is 0.293 e. The highest BCUT2D eigenvalue weighted by Crippen LogP contribution is 2.31. The zero-order chi connectivity index (χ0) is 17.6. The molecule has 0 fully saturated rings. The summed E-state index contributed by atoms with van der Waals surface area (Å²) in [7, 11) is 1.65. The number of fused-ring (bicyclic) bond motifs is 1. The van der Waals surface area contributed by atoms with Gasteiger partial charge in [0.15, 0.2) is 0 Å². The Labute approximate surface area is 145 Å². The van der Waals surface area contributed by atoms with Crippen molar-refractivity contribution in [2.24, 2.45) is 0 Å². The van der Waals surface area contributed by atoms with Crippen molar-refractivity contribution >= 4 is 16.6 Å². The highest BCUT2D eigenvalue weighted by Gasteiger charge is 2.17. The van der Waals surface area contributed by atoms with Crippen LogP contribution in [0.25, 0.3) is 22.2 Å². The van der Waals surface area contributed by atoms with Crippen molar-refractivity contribution in [3.63, 3.8) is 0 Å². The van der Waals surface area contributed by atoms with Gasteiger partial charge in [-0.05, 0) is 29.7 Å². The molecule has 0 unspecified atom stereocenters. The Morgan fingerprint density at radius 3 is 2.64 bits per heavy atom. The number of ether oxygens (including phenoxy) is 2. The lowest BCUT2D eigenvalue weighted by atomic mass is 10.1. The molecule has 1 heterocycles. The number of rotatable bonds is 8. The lowest BCUT2D eigenvalue weighted by Crippen LogP contribution is -2.00. The molecule has 6 nitrogen and oxygen atoms in total. The zero-order valence-electron chi connectivity index (χ0n) is 14.0. The van der Waals surface area contributed by atoms with Crippen LogP contribution >= 0.6 is 0 Å². The van der Waals surface area contributed by atoms with Gasteiger partial charge in [-0.15, -0.1) is 0 Å². The van der Waals surface area contributed by atoms with Crippen LogP contribution in [0.5, 0.6) is 0 Å². The van der Waals surface area contributed by atoms with Crippen LogP contribution < -0.4 is 0 Å². The summed E-state index contributed by atoms with van der Waals surface area (Å²) in [5.74, 6) is 0. The Hall–Kier alpha value is -2.70. The van der Waals surface area contributed by atoms with Gasteiger partial charge in [0.1, 0.15) is 5.52 Å². The van der Waals surface area contributed by atoms with Crippen LogP contribution in [0.15, 0.2) is 48.5 Å². The fraction of sp³-hybridized carbons (Fsp3) is 0.263. The van der Waals surface area contributed by atoms with E-state index in [1.165, 1.54) is 0 Å². The molecule has 0 bridgehead atoms. The van der Waals surface area contributed by atoms with Gasteiger partial charge in [-0.2, -0.15) is 0 Å². The minimum Gasteiger partial charge on any atom is -0.385 e. The van der Waals surface area contributed by atoms with E-state index in [0.717, 1.165) is 28.6 Å². The van der Waals surface area contributed by atoms with Crippen molar-refractivity contribution < 1.29 is 14.4 Å². The van der Waals surface area contributed by atoms with Crippen molar-refractivity contribution in [1.29, 1.82) is 0 Å². The maximum atomic E-state index is 11.5. The summed E-state index contributed by atoms with van der Waals surface area (Å²) in [6, 6.07) is 15.2. The van der Waals surface area contributed by atoms with Crippen molar-refractivity contribution in [3.8, 4) is 11.3 Å². The first kappa shape index (κ1) is 17.1. The largest absolute Gasteiger partial charge is 0.385 e. The number of nitrogens with zero attached hydrogens (tertiary/aromatic N) is 1. The minimum absolute atomic E-state index is 0.0650. The SMILES string of the molecule is COCCCOCc1cc([N+](=O)[O-])c2[nH]c(-c3ccccc3)cc2c1. The average Bonchev–Trinajstić information content (AvgIpc) is 3.05. The lowest BCUT2D eigenvalue weighted by molar-refractivity contribution is -0.383. The van der Waals surface area contributed by atoms with Crippen molar-refractivity contribution in [3.05, 3.63) is 64.2 Å². The summed E-state index contributed by atoms with van der Waals surface area (Å²) in [5, 5.41) is 12.3. The Balaban J connectivity index is 1.89. The average molecular weight is 340 g/mol.